The van der Waals surface area contributed by atoms with Crippen molar-refractivity contribution in [2.75, 3.05) is 0 Å². The summed E-state index contributed by atoms with van der Waals surface area (Å²) in [6.07, 6.45) is 10.7. The Hall–Kier alpha value is -2.60. The highest BCUT2D eigenvalue weighted by molar-refractivity contribution is 5.95. The first kappa shape index (κ1) is 16.3. The Labute approximate surface area is 142 Å². The summed E-state index contributed by atoms with van der Waals surface area (Å²) in [6.45, 7) is 2.07. The van der Waals surface area contributed by atoms with Crippen LogP contribution in [-0.4, -0.2) is 11.9 Å². The zero-order valence-electron chi connectivity index (χ0n) is 13.7. The fourth-order valence-electron chi connectivity index (χ4n) is 2.57. The Kier molecular flexibility index (Phi) is 4.96. The molecule has 2 nitrogen and oxygen atoms in total. The second-order valence-electron chi connectivity index (χ2n) is 6.13. The Balaban J connectivity index is 1.81. The Morgan fingerprint density at radius 3 is 2.83 bits per heavy atom. The highest BCUT2D eigenvalue weighted by Gasteiger charge is 2.26. The summed E-state index contributed by atoms with van der Waals surface area (Å²) < 4.78 is 13.2. The number of nitrogens with one attached hydrogen (secondary N) is 1. The van der Waals surface area contributed by atoms with Crippen LogP contribution >= 0.6 is 0 Å². The zero-order chi connectivity index (χ0) is 16.9. The predicted octanol–water partition coefficient (Wildman–Crippen LogP) is 3.90. The molecule has 0 spiro atoms. The van der Waals surface area contributed by atoms with E-state index in [0.717, 1.165) is 30.4 Å². The van der Waals surface area contributed by atoms with Crippen LogP contribution in [-0.2, 0) is 4.79 Å². The molecule has 0 aliphatic heterocycles. The van der Waals surface area contributed by atoms with Gasteiger partial charge in [-0.15, -0.1) is 0 Å². The summed E-state index contributed by atoms with van der Waals surface area (Å²) in [4.78, 5) is 12.4. The number of hydrogen-bond donors (Lipinski definition) is 1. The molecule has 2 aliphatic carbocycles. The third-order valence-corrected chi connectivity index (χ3v) is 4.14. The number of benzene rings is 1. The number of allylic oxidation sites excluding steroid dienone is 5. The molecule has 0 bridgehead atoms. The third kappa shape index (κ3) is 4.23. The topological polar surface area (TPSA) is 29.1 Å². The van der Waals surface area contributed by atoms with Crippen molar-refractivity contribution in [3.8, 4) is 11.8 Å². The van der Waals surface area contributed by atoms with Crippen LogP contribution in [0.5, 0.6) is 0 Å². The summed E-state index contributed by atoms with van der Waals surface area (Å²) in [5.41, 5.74) is 2.23. The lowest BCUT2D eigenvalue weighted by molar-refractivity contribution is -0.118. The van der Waals surface area contributed by atoms with Gasteiger partial charge in [-0.2, -0.15) is 0 Å². The van der Waals surface area contributed by atoms with E-state index in [4.69, 9.17) is 0 Å². The van der Waals surface area contributed by atoms with Gasteiger partial charge in [0.05, 0.1) is 0 Å². The van der Waals surface area contributed by atoms with Crippen molar-refractivity contribution in [1.29, 1.82) is 0 Å². The first-order valence-electron chi connectivity index (χ1n) is 8.34. The third-order valence-electron chi connectivity index (χ3n) is 4.14. The van der Waals surface area contributed by atoms with E-state index in [1.807, 2.05) is 24.3 Å². The number of amides is 1. The van der Waals surface area contributed by atoms with Crippen molar-refractivity contribution in [3.63, 3.8) is 0 Å². The van der Waals surface area contributed by atoms with Crippen molar-refractivity contribution in [2.45, 2.75) is 32.2 Å². The van der Waals surface area contributed by atoms with Gasteiger partial charge in [0.15, 0.2) is 0 Å². The van der Waals surface area contributed by atoms with Crippen LogP contribution in [0.3, 0.4) is 0 Å². The minimum atomic E-state index is -0.294. The zero-order valence-corrected chi connectivity index (χ0v) is 13.7. The van der Waals surface area contributed by atoms with Crippen LogP contribution in [0.2, 0.25) is 0 Å². The summed E-state index contributed by atoms with van der Waals surface area (Å²) in [5, 5.41) is 3.05. The first-order valence-corrected chi connectivity index (χ1v) is 8.34. The molecule has 1 N–H and O–H groups in total. The van der Waals surface area contributed by atoms with Gasteiger partial charge in [-0.25, -0.2) is 4.39 Å². The van der Waals surface area contributed by atoms with Gasteiger partial charge >= 0.3 is 0 Å². The molecule has 1 fully saturated rings. The van der Waals surface area contributed by atoms with Crippen molar-refractivity contribution in [1.82, 2.24) is 5.32 Å². The molecule has 3 rings (SSSR count). The SMILES string of the molecule is CCC1C=CC(C#Cc2cccc(F)c2)=CC=C1C(=O)NC1CC1. The second-order valence-corrected chi connectivity index (χ2v) is 6.13. The largest absolute Gasteiger partial charge is 0.350 e. The Morgan fingerprint density at radius 1 is 1.29 bits per heavy atom. The van der Waals surface area contributed by atoms with E-state index >= 15 is 0 Å². The quantitative estimate of drug-likeness (QED) is 0.841. The fourth-order valence-corrected chi connectivity index (χ4v) is 2.57. The molecule has 0 heterocycles. The van der Waals surface area contributed by atoms with Crippen molar-refractivity contribution >= 4 is 5.91 Å². The molecule has 1 atom stereocenters. The highest BCUT2D eigenvalue weighted by atomic mass is 19.1. The van der Waals surface area contributed by atoms with Crippen LogP contribution in [0.15, 0.2) is 59.7 Å². The maximum Gasteiger partial charge on any atom is 0.248 e. The van der Waals surface area contributed by atoms with Crippen LogP contribution in [0.4, 0.5) is 4.39 Å². The minimum Gasteiger partial charge on any atom is -0.350 e. The van der Waals surface area contributed by atoms with E-state index in [1.54, 1.807) is 12.1 Å². The van der Waals surface area contributed by atoms with Crippen LogP contribution in [0.1, 0.15) is 31.7 Å². The fraction of sp³-hybridized carbons (Fsp3) is 0.286. The smallest absolute Gasteiger partial charge is 0.248 e. The summed E-state index contributed by atoms with van der Waals surface area (Å²) in [6, 6.07) is 6.57. The molecule has 1 aromatic rings. The average Bonchev–Trinajstić information content (AvgIpc) is 3.39. The van der Waals surface area contributed by atoms with Gasteiger partial charge in [0, 0.05) is 28.7 Å². The van der Waals surface area contributed by atoms with Crippen molar-refractivity contribution in [2.24, 2.45) is 5.92 Å². The molecule has 122 valence electrons. The molecule has 24 heavy (non-hydrogen) atoms. The van der Waals surface area contributed by atoms with Crippen LogP contribution in [0, 0.1) is 23.6 Å². The molecule has 0 saturated heterocycles. The van der Waals surface area contributed by atoms with Gasteiger partial charge in [0.2, 0.25) is 5.91 Å². The molecular formula is C21H20FNO. The van der Waals surface area contributed by atoms with Gasteiger partial charge in [0.1, 0.15) is 5.82 Å². The molecule has 1 aromatic carbocycles. The Morgan fingerprint density at radius 2 is 2.12 bits per heavy atom. The van der Waals surface area contributed by atoms with E-state index in [2.05, 4.69) is 24.1 Å². The monoisotopic (exact) mass is 321 g/mol. The number of carbonyl (C=O) groups is 1. The van der Waals surface area contributed by atoms with Crippen LogP contribution < -0.4 is 5.32 Å². The van der Waals surface area contributed by atoms with Crippen molar-refractivity contribution in [3.05, 3.63) is 71.1 Å². The second kappa shape index (κ2) is 7.31. The highest BCUT2D eigenvalue weighted by Crippen LogP contribution is 2.24. The minimum absolute atomic E-state index is 0.0181. The molecular weight excluding hydrogens is 301 g/mol. The van der Waals surface area contributed by atoms with Crippen LogP contribution in [0.25, 0.3) is 0 Å². The summed E-state index contributed by atoms with van der Waals surface area (Å²) in [5.74, 6) is 5.82. The van der Waals surface area contributed by atoms with E-state index < -0.39 is 0 Å². The van der Waals surface area contributed by atoms with Gasteiger partial charge in [0.25, 0.3) is 0 Å². The molecule has 2 aliphatic rings. The van der Waals surface area contributed by atoms with Gasteiger partial charge in [-0.1, -0.05) is 37.0 Å². The predicted molar refractivity (Wildman–Crippen MR) is 93.5 cm³/mol. The normalized spacial score (nSPS) is 19.5. The lowest BCUT2D eigenvalue weighted by Gasteiger charge is -2.13. The van der Waals surface area contributed by atoms with Gasteiger partial charge in [-0.3, -0.25) is 4.79 Å². The van der Waals surface area contributed by atoms with E-state index in [1.165, 1.54) is 12.1 Å². The number of hydrogen-bond acceptors (Lipinski definition) is 1. The molecule has 3 heteroatoms. The number of halogens is 1. The van der Waals surface area contributed by atoms with E-state index in [-0.39, 0.29) is 17.6 Å². The molecule has 1 unspecified atom stereocenters. The summed E-state index contributed by atoms with van der Waals surface area (Å²) in [7, 11) is 0. The lowest BCUT2D eigenvalue weighted by atomic mass is 9.95. The maximum absolute atomic E-state index is 13.2. The molecule has 0 radical (unpaired) electrons. The first-order chi connectivity index (χ1) is 11.7. The molecule has 0 aromatic heterocycles. The van der Waals surface area contributed by atoms with Gasteiger partial charge in [-0.05, 0) is 49.6 Å². The standard InChI is InChI=1S/C21H20FNO/c1-2-17-10-8-15(6-7-16-4-3-5-18(22)14-16)9-13-20(17)21(24)23-19-11-12-19/h3-5,8-10,13-14,17,19H,2,11-12H2,1H3,(H,23,24). The lowest BCUT2D eigenvalue weighted by Crippen LogP contribution is -2.29. The Bertz CT molecular complexity index is 788. The van der Waals surface area contributed by atoms with E-state index in [0.29, 0.717) is 11.6 Å². The summed E-state index contributed by atoms with van der Waals surface area (Å²) >= 11 is 0. The maximum atomic E-state index is 13.2. The van der Waals surface area contributed by atoms with E-state index in [9.17, 15) is 9.18 Å². The van der Waals surface area contributed by atoms with Crippen molar-refractivity contribution < 1.29 is 9.18 Å². The number of rotatable bonds is 3. The number of carbonyl (C=O) groups excluding carboxylic acids is 1. The molecule has 1 saturated carbocycles. The average molecular weight is 321 g/mol. The van der Waals surface area contributed by atoms with Gasteiger partial charge < -0.3 is 5.32 Å². The molecule has 1 amide bonds.